The molecule has 3 N–H and O–H groups in total. The highest BCUT2D eigenvalue weighted by Crippen LogP contribution is 2.31. The largest absolute Gasteiger partial charge is 0.481 e. The number of pyridine rings is 1. The van der Waals surface area contributed by atoms with Crippen molar-refractivity contribution >= 4 is 11.5 Å². The van der Waals surface area contributed by atoms with Crippen LogP contribution in [0.3, 0.4) is 0 Å². The molecule has 0 bridgehead atoms. The van der Waals surface area contributed by atoms with Gasteiger partial charge in [-0.1, -0.05) is 31.2 Å². The van der Waals surface area contributed by atoms with Gasteiger partial charge in [-0.15, -0.1) is 10.2 Å². The summed E-state index contributed by atoms with van der Waals surface area (Å²) in [6, 6.07) is 3.99. The van der Waals surface area contributed by atoms with Crippen LogP contribution in [-0.4, -0.2) is 49.8 Å². The van der Waals surface area contributed by atoms with Gasteiger partial charge in [-0.05, 0) is 36.0 Å². The van der Waals surface area contributed by atoms with E-state index in [0.29, 0.717) is 18.7 Å². The van der Waals surface area contributed by atoms with E-state index >= 15 is 0 Å². The van der Waals surface area contributed by atoms with Crippen LogP contribution in [0.5, 0.6) is 0 Å². The first-order chi connectivity index (χ1) is 12.5. The summed E-state index contributed by atoms with van der Waals surface area (Å²) in [5, 5.41) is 27.2. The Morgan fingerprint density at radius 3 is 2.73 bits per heavy atom. The fourth-order valence-electron chi connectivity index (χ4n) is 3.34. The smallest absolute Gasteiger partial charge is 0.307 e. The van der Waals surface area contributed by atoms with Crippen LogP contribution in [0.1, 0.15) is 43.3 Å². The SMILES string of the molecule is CC(C)C[C@H](C(=O)O)[C@H](Cc1ccc(C2=CCNC2)nc1)c1nn[nH]n1. The first-order valence-corrected chi connectivity index (χ1v) is 8.85. The van der Waals surface area contributed by atoms with Crippen molar-refractivity contribution in [1.29, 1.82) is 0 Å². The molecule has 2 aromatic rings. The molecule has 138 valence electrons. The molecule has 2 atom stereocenters. The van der Waals surface area contributed by atoms with Crippen molar-refractivity contribution in [1.82, 2.24) is 30.9 Å². The molecular formula is C18H24N6O2. The lowest BCUT2D eigenvalue weighted by Crippen LogP contribution is -2.26. The summed E-state index contributed by atoms with van der Waals surface area (Å²) in [6.45, 7) is 5.73. The Bertz CT molecular complexity index is 754. The van der Waals surface area contributed by atoms with Gasteiger partial charge in [-0.25, -0.2) is 0 Å². The Balaban J connectivity index is 1.82. The van der Waals surface area contributed by atoms with Crippen LogP contribution in [0.25, 0.3) is 5.57 Å². The molecule has 1 aliphatic heterocycles. The first-order valence-electron chi connectivity index (χ1n) is 8.85. The second-order valence-electron chi connectivity index (χ2n) is 7.07. The van der Waals surface area contributed by atoms with Crippen LogP contribution in [0.4, 0.5) is 0 Å². The number of carboxylic acid groups (broad SMARTS) is 1. The number of rotatable bonds is 8. The predicted octanol–water partition coefficient (Wildman–Crippen LogP) is 1.65. The zero-order valence-electron chi connectivity index (χ0n) is 15.0. The van der Waals surface area contributed by atoms with Crippen molar-refractivity contribution in [3.63, 3.8) is 0 Å². The summed E-state index contributed by atoms with van der Waals surface area (Å²) < 4.78 is 0. The molecule has 0 radical (unpaired) electrons. The maximum atomic E-state index is 11.9. The number of nitrogens with zero attached hydrogens (tertiary/aromatic N) is 4. The Labute approximate surface area is 152 Å². The van der Waals surface area contributed by atoms with Crippen molar-refractivity contribution in [2.45, 2.75) is 32.6 Å². The second-order valence-corrected chi connectivity index (χ2v) is 7.07. The highest BCUT2D eigenvalue weighted by atomic mass is 16.4. The van der Waals surface area contributed by atoms with Gasteiger partial charge < -0.3 is 10.4 Å². The Morgan fingerprint density at radius 2 is 2.19 bits per heavy atom. The molecule has 0 spiro atoms. The maximum absolute atomic E-state index is 11.9. The molecule has 0 saturated heterocycles. The van der Waals surface area contributed by atoms with Crippen LogP contribution < -0.4 is 5.32 Å². The highest BCUT2D eigenvalue weighted by molar-refractivity contribution is 5.71. The average molecular weight is 356 g/mol. The quantitative estimate of drug-likeness (QED) is 0.658. The number of hydrogen-bond donors (Lipinski definition) is 3. The van der Waals surface area contributed by atoms with Crippen molar-refractivity contribution in [2.75, 3.05) is 13.1 Å². The van der Waals surface area contributed by atoms with E-state index in [-0.39, 0.29) is 11.8 Å². The van der Waals surface area contributed by atoms with E-state index in [4.69, 9.17) is 0 Å². The van der Waals surface area contributed by atoms with E-state index < -0.39 is 11.9 Å². The lowest BCUT2D eigenvalue weighted by atomic mass is 9.81. The maximum Gasteiger partial charge on any atom is 0.307 e. The molecule has 8 heteroatoms. The van der Waals surface area contributed by atoms with Gasteiger partial charge in [-0.3, -0.25) is 9.78 Å². The van der Waals surface area contributed by atoms with Crippen molar-refractivity contribution in [3.05, 3.63) is 41.5 Å². The number of aromatic amines is 1. The normalized spacial score (nSPS) is 16.5. The highest BCUT2D eigenvalue weighted by Gasteiger charge is 2.33. The summed E-state index contributed by atoms with van der Waals surface area (Å²) in [5.74, 6) is -1.07. The Hall–Kier alpha value is -2.61. The fourth-order valence-corrected chi connectivity index (χ4v) is 3.34. The number of hydrogen-bond acceptors (Lipinski definition) is 6. The lowest BCUT2D eigenvalue weighted by molar-refractivity contribution is -0.143. The molecule has 1 aliphatic rings. The van der Waals surface area contributed by atoms with Crippen molar-refractivity contribution in [3.8, 4) is 0 Å². The molecule has 0 aliphatic carbocycles. The Kier molecular flexibility index (Phi) is 5.72. The van der Waals surface area contributed by atoms with Crippen LogP contribution in [0.15, 0.2) is 24.4 Å². The summed E-state index contributed by atoms with van der Waals surface area (Å²) >= 11 is 0. The number of nitrogens with one attached hydrogen (secondary N) is 2. The van der Waals surface area contributed by atoms with Crippen molar-refractivity contribution < 1.29 is 9.90 Å². The van der Waals surface area contributed by atoms with Gasteiger partial charge in [0.05, 0.1) is 11.6 Å². The third kappa shape index (κ3) is 4.32. The molecule has 0 fully saturated rings. The van der Waals surface area contributed by atoms with Gasteiger partial charge in [0.2, 0.25) is 0 Å². The minimum atomic E-state index is -0.833. The van der Waals surface area contributed by atoms with E-state index in [1.165, 1.54) is 5.57 Å². The van der Waals surface area contributed by atoms with E-state index in [1.807, 2.05) is 32.2 Å². The number of H-pyrrole nitrogens is 1. The number of carbonyl (C=O) groups is 1. The first kappa shape index (κ1) is 18.2. The van der Waals surface area contributed by atoms with Gasteiger partial charge in [0.15, 0.2) is 5.82 Å². The molecule has 0 unspecified atom stereocenters. The minimum absolute atomic E-state index is 0.257. The average Bonchev–Trinajstić information content (AvgIpc) is 3.31. The standard InChI is InChI=1S/C18H24N6O2/c1-11(2)7-15(18(25)26)14(17-21-23-24-22-17)8-12-3-4-16(20-9-12)13-5-6-19-10-13/h3-5,9,11,14-15,19H,6-8,10H2,1-2H3,(H,25,26)(H,21,22,23,24)/t14-,15-/m0/s1. The van der Waals surface area contributed by atoms with Gasteiger partial charge in [-0.2, -0.15) is 5.21 Å². The summed E-state index contributed by atoms with van der Waals surface area (Å²) in [5.41, 5.74) is 3.10. The molecule has 0 saturated carbocycles. The summed E-state index contributed by atoms with van der Waals surface area (Å²) in [4.78, 5) is 16.4. The fraction of sp³-hybridized carbons (Fsp3) is 0.500. The topological polar surface area (TPSA) is 117 Å². The van der Waals surface area contributed by atoms with Crippen molar-refractivity contribution in [2.24, 2.45) is 11.8 Å². The zero-order valence-corrected chi connectivity index (χ0v) is 15.0. The molecule has 3 heterocycles. The van der Waals surface area contributed by atoms with Crippen LogP contribution >= 0.6 is 0 Å². The van der Waals surface area contributed by atoms with Crippen LogP contribution in [-0.2, 0) is 11.2 Å². The molecule has 8 nitrogen and oxygen atoms in total. The third-order valence-electron chi connectivity index (χ3n) is 4.64. The number of aromatic nitrogens is 5. The predicted molar refractivity (Wildman–Crippen MR) is 96.3 cm³/mol. The molecule has 0 amide bonds. The molecule has 2 aromatic heterocycles. The molecule has 3 rings (SSSR count). The van der Waals surface area contributed by atoms with E-state index in [9.17, 15) is 9.90 Å². The third-order valence-corrected chi connectivity index (χ3v) is 4.64. The van der Waals surface area contributed by atoms with E-state index in [2.05, 4.69) is 37.0 Å². The molecular weight excluding hydrogens is 332 g/mol. The number of carboxylic acids is 1. The van der Waals surface area contributed by atoms with Gasteiger partial charge >= 0.3 is 5.97 Å². The number of tetrazole rings is 1. The minimum Gasteiger partial charge on any atom is -0.481 e. The molecule has 0 aromatic carbocycles. The summed E-state index contributed by atoms with van der Waals surface area (Å²) in [7, 11) is 0. The van der Waals surface area contributed by atoms with Crippen LogP contribution in [0.2, 0.25) is 0 Å². The Morgan fingerprint density at radius 1 is 1.35 bits per heavy atom. The van der Waals surface area contributed by atoms with E-state index in [0.717, 1.165) is 24.3 Å². The monoisotopic (exact) mass is 356 g/mol. The van der Waals surface area contributed by atoms with Gasteiger partial charge in [0.25, 0.3) is 0 Å². The van der Waals surface area contributed by atoms with Crippen LogP contribution in [0, 0.1) is 11.8 Å². The second kappa shape index (κ2) is 8.18. The lowest BCUT2D eigenvalue weighted by Gasteiger charge is -2.23. The van der Waals surface area contributed by atoms with Gasteiger partial charge in [0.1, 0.15) is 0 Å². The zero-order chi connectivity index (χ0) is 18.5. The van der Waals surface area contributed by atoms with Gasteiger partial charge in [0, 0.05) is 25.2 Å². The number of aliphatic carboxylic acids is 1. The summed E-state index contributed by atoms with van der Waals surface area (Å²) in [6.07, 6.45) is 5.01. The molecule has 26 heavy (non-hydrogen) atoms. The van der Waals surface area contributed by atoms with E-state index in [1.54, 1.807) is 0 Å².